The minimum absolute atomic E-state index is 0.262. The molecule has 0 aromatic carbocycles. The summed E-state index contributed by atoms with van der Waals surface area (Å²) in [4.78, 5) is 23.4. The predicted molar refractivity (Wildman–Crippen MR) is 42.8 cm³/mol. The topological polar surface area (TPSA) is 61.2 Å². The summed E-state index contributed by atoms with van der Waals surface area (Å²) >= 11 is 0. The van der Waals surface area contributed by atoms with Crippen LogP contribution < -0.4 is 0 Å². The van der Waals surface area contributed by atoms with Crippen LogP contribution in [0.1, 0.15) is 6.92 Å². The van der Waals surface area contributed by atoms with E-state index < -0.39 is 0 Å². The Morgan fingerprint density at radius 2 is 2.00 bits per heavy atom. The van der Waals surface area contributed by atoms with Gasteiger partial charge in [0.15, 0.2) is 0 Å². The van der Waals surface area contributed by atoms with Crippen molar-refractivity contribution in [2.24, 2.45) is 0 Å². The van der Waals surface area contributed by atoms with Crippen LogP contribution in [0.25, 0.3) is 0 Å². The predicted octanol–water partition coefficient (Wildman–Crippen LogP) is 0.106. The average molecular weight is 164 g/mol. The summed E-state index contributed by atoms with van der Waals surface area (Å²) in [7, 11) is 1.42. The fourth-order valence-corrected chi connectivity index (χ4v) is 1.04. The molecule has 1 N–H and O–H groups in total. The summed E-state index contributed by atoms with van der Waals surface area (Å²) in [6.45, 7) is 1.56. The second kappa shape index (κ2) is 2.75. The third-order valence-electron chi connectivity index (χ3n) is 1.78. The zero-order chi connectivity index (χ0) is 9.30. The molecule has 1 rings (SSSR count). The first-order valence-corrected chi connectivity index (χ1v) is 3.38. The van der Waals surface area contributed by atoms with Crippen LogP contribution >= 0.6 is 0 Å². The highest BCUT2D eigenvalue weighted by molar-refractivity contribution is 6.20. The van der Waals surface area contributed by atoms with Gasteiger partial charge in [-0.15, -0.1) is 0 Å². The van der Waals surface area contributed by atoms with Crippen molar-refractivity contribution in [2.45, 2.75) is 6.92 Å². The van der Waals surface area contributed by atoms with Gasteiger partial charge in [-0.25, -0.2) is 0 Å². The van der Waals surface area contributed by atoms with Crippen molar-refractivity contribution in [3.63, 3.8) is 0 Å². The molecule has 0 atom stereocenters. The lowest BCUT2D eigenvalue weighted by Crippen LogP contribution is -2.26. The zero-order valence-electron chi connectivity index (χ0n) is 6.84. The van der Waals surface area contributed by atoms with Gasteiger partial charge in [0, 0.05) is 18.7 Å². The Bertz CT molecular complexity index is 335. The van der Waals surface area contributed by atoms with Gasteiger partial charge in [-0.1, -0.05) is 0 Å². The Morgan fingerprint density at radius 1 is 1.42 bits per heavy atom. The van der Waals surface area contributed by atoms with Crippen molar-refractivity contribution in [3.05, 3.63) is 17.2 Å². The molecule has 0 aliphatic carbocycles. The molecule has 4 nitrogen and oxygen atoms in total. The van der Waals surface area contributed by atoms with E-state index in [0.717, 1.165) is 4.90 Å². The van der Waals surface area contributed by atoms with Crippen molar-refractivity contribution in [1.29, 1.82) is 5.41 Å². The maximum absolute atomic E-state index is 11.2. The highest BCUT2D eigenvalue weighted by atomic mass is 16.2. The number of carbonyl (C=O) groups excluding carboxylic acids is 2. The molecule has 12 heavy (non-hydrogen) atoms. The van der Waals surface area contributed by atoms with E-state index in [0.29, 0.717) is 5.57 Å². The first-order valence-electron chi connectivity index (χ1n) is 3.38. The Labute approximate surface area is 69.7 Å². The number of likely N-dealkylation sites (N-methyl/N-ethyl adjacent to an activating group) is 1. The number of rotatable bonds is 1. The van der Waals surface area contributed by atoms with Gasteiger partial charge in [0.25, 0.3) is 11.8 Å². The second-order valence-corrected chi connectivity index (χ2v) is 2.50. The molecule has 0 aromatic heterocycles. The average Bonchev–Trinajstić information content (AvgIpc) is 2.23. The summed E-state index contributed by atoms with van der Waals surface area (Å²) in [5, 5.41) is 6.66. The van der Waals surface area contributed by atoms with E-state index in [1.54, 1.807) is 6.92 Å². The number of nitrogens with one attached hydrogen (secondary N) is 1. The Hall–Kier alpha value is -1.67. The van der Waals surface area contributed by atoms with E-state index in [4.69, 9.17) is 5.41 Å². The third-order valence-corrected chi connectivity index (χ3v) is 1.78. The lowest BCUT2D eigenvalue weighted by atomic mass is 10.2. The van der Waals surface area contributed by atoms with Gasteiger partial charge in [-0.05, 0) is 12.8 Å². The molecular formula is C8H8N2O2. The minimum atomic E-state index is -0.364. The fraction of sp³-hybridized carbons (Fsp3) is 0.250. The summed E-state index contributed by atoms with van der Waals surface area (Å²) in [5.74, 6) is 1.31. The molecule has 4 heteroatoms. The molecule has 0 saturated heterocycles. The van der Waals surface area contributed by atoms with Crippen molar-refractivity contribution >= 4 is 17.7 Å². The van der Waals surface area contributed by atoms with E-state index in [2.05, 4.69) is 0 Å². The Morgan fingerprint density at radius 3 is 2.33 bits per heavy atom. The molecule has 0 aromatic rings. The van der Waals surface area contributed by atoms with Crippen LogP contribution in [-0.2, 0) is 9.59 Å². The first-order chi connectivity index (χ1) is 5.59. The molecule has 0 unspecified atom stereocenters. The number of amides is 2. The molecule has 0 saturated carbocycles. The van der Waals surface area contributed by atoms with Crippen molar-refractivity contribution in [1.82, 2.24) is 4.90 Å². The maximum Gasteiger partial charge on any atom is 0.261 e. The van der Waals surface area contributed by atoms with E-state index >= 15 is 0 Å². The largest absolute Gasteiger partial charge is 0.278 e. The smallest absolute Gasteiger partial charge is 0.261 e. The summed E-state index contributed by atoms with van der Waals surface area (Å²) in [5.41, 5.74) is 0.639. The van der Waals surface area contributed by atoms with Crippen molar-refractivity contribution in [2.75, 3.05) is 7.05 Å². The maximum atomic E-state index is 11.2. The first kappa shape index (κ1) is 8.43. The molecule has 1 heterocycles. The number of hydrogen-bond acceptors (Lipinski definition) is 3. The molecule has 2 amide bonds. The van der Waals surface area contributed by atoms with Crippen LogP contribution in [0.2, 0.25) is 0 Å². The van der Waals surface area contributed by atoms with Gasteiger partial charge >= 0.3 is 0 Å². The van der Waals surface area contributed by atoms with Crippen LogP contribution in [0.3, 0.4) is 0 Å². The molecule has 0 spiro atoms. The Balaban J connectivity index is 3.21. The molecular weight excluding hydrogens is 156 g/mol. The highest BCUT2D eigenvalue weighted by Crippen LogP contribution is 2.18. The van der Waals surface area contributed by atoms with E-state index in [9.17, 15) is 9.59 Å². The van der Waals surface area contributed by atoms with Crippen molar-refractivity contribution in [3.8, 4) is 0 Å². The van der Waals surface area contributed by atoms with Gasteiger partial charge in [0.1, 0.15) is 0 Å². The normalized spacial score (nSPS) is 17.0. The molecule has 0 fully saturated rings. The van der Waals surface area contributed by atoms with E-state index in [-0.39, 0.29) is 17.4 Å². The Kier molecular flexibility index (Phi) is 1.93. The fourth-order valence-electron chi connectivity index (χ4n) is 1.04. The van der Waals surface area contributed by atoms with Crippen LogP contribution in [-0.4, -0.2) is 29.6 Å². The van der Waals surface area contributed by atoms with Gasteiger partial charge in [-0.2, -0.15) is 0 Å². The molecule has 62 valence electrons. The molecule has 0 radical (unpaired) electrons. The SMILES string of the molecule is CC1=C(C=C=N)C(=O)N(C)C1=O. The number of hydrogen-bond donors (Lipinski definition) is 1. The number of nitrogens with zero attached hydrogens (tertiary/aromatic N) is 1. The highest BCUT2D eigenvalue weighted by Gasteiger charge is 2.31. The van der Waals surface area contributed by atoms with Crippen molar-refractivity contribution < 1.29 is 9.59 Å². The van der Waals surface area contributed by atoms with Gasteiger partial charge in [0.05, 0.1) is 5.57 Å². The van der Waals surface area contributed by atoms with E-state index in [1.165, 1.54) is 13.1 Å². The van der Waals surface area contributed by atoms with Gasteiger partial charge < -0.3 is 0 Å². The summed E-state index contributed by atoms with van der Waals surface area (Å²) in [6.07, 6.45) is 1.21. The summed E-state index contributed by atoms with van der Waals surface area (Å²) in [6, 6.07) is 0. The molecule has 0 bridgehead atoms. The summed E-state index contributed by atoms with van der Waals surface area (Å²) < 4.78 is 0. The number of imide groups is 1. The van der Waals surface area contributed by atoms with E-state index in [1.807, 2.05) is 5.87 Å². The lowest BCUT2D eigenvalue weighted by Gasteiger charge is -2.04. The van der Waals surface area contributed by atoms with Gasteiger partial charge in [0.2, 0.25) is 0 Å². The standard InChI is InChI=1S/C8H8N2O2/c1-5-6(3-4-9)8(12)10(2)7(5)11/h3,9H,1-2H3. The minimum Gasteiger partial charge on any atom is -0.278 e. The third kappa shape index (κ3) is 0.984. The van der Waals surface area contributed by atoms with Gasteiger partial charge in [-0.3, -0.25) is 19.9 Å². The number of carbonyl (C=O) groups is 2. The van der Waals surface area contributed by atoms with Crippen LogP contribution in [0.15, 0.2) is 17.2 Å². The van der Waals surface area contributed by atoms with Crippen LogP contribution in [0, 0.1) is 5.41 Å². The van der Waals surface area contributed by atoms with Crippen LogP contribution in [0.5, 0.6) is 0 Å². The quantitative estimate of drug-likeness (QED) is 0.441. The second-order valence-electron chi connectivity index (χ2n) is 2.50. The van der Waals surface area contributed by atoms with Crippen LogP contribution in [0.4, 0.5) is 0 Å². The monoisotopic (exact) mass is 164 g/mol. The molecule has 1 aliphatic rings. The lowest BCUT2D eigenvalue weighted by molar-refractivity contribution is -0.135. The zero-order valence-corrected chi connectivity index (χ0v) is 6.84. The molecule has 1 aliphatic heterocycles.